The van der Waals surface area contributed by atoms with Crippen LogP contribution in [-0.4, -0.2) is 24.7 Å². The number of ether oxygens (including phenoxy) is 1. The number of benzene rings is 1. The van der Waals surface area contributed by atoms with Gasteiger partial charge in [0.2, 0.25) is 0 Å². The van der Waals surface area contributed by atoms with Crippen LogP contribution in [0.4, 0.5) is 13.2 Å². The molecule has 0 aromatic heterocycles. The van der Waals surface area contributed by atoms with Gasteiger partial charge in [-0.3, -0.25) is 4.79 Å². The highest BCUT2D eigenvalue weighted by Gasteiger charge is 2.33. The molecule has 1 aliphatic rings. The van der Waals surface area contributed by atoms with Gasteiger partial charge in [0, 0.05) is 11.1 Å². The molecule has 1 N–H and O–H groups in total. The molecule has 0 saturated carbocycles. The molecule has 1 amide bonds. The molecule has 1 saturated heterocycles. The van der Waals surface area contributed by atoms with Gasteiger partial charge in [-0.05, 0) is 53.9 Å². The van der Waals surface area contributed by atoms with E-state index in [9.17, 15) is 18.0 Å². The standard InChI is InChI=1S/C14H15BrF3NO2/c1-13(5-2-6-21-8-13)19-12(20)10-7-9(14(16,17)18)3-4-11(10)15/h3-4,7H,2,5-6,8H2,1H3,(H,19,20). The molecule has 1 atom stereocenters. The van der Waals surface area contributed by atoms with Gasteiger partial charge in [-0.2, -0.15) is 13.2 Å². The van der Waals surface area contributed by atoms with E-state index in [1.54, 1.807) is 0 Å². The number of alkyl halides is 3. The molecule has 0 bridgehead atoms. The summed E-state index contributed by atoms with van der Waals surface area (Å²) >= 11 is 3.12. The number of carbonyl (C=O) groups is 1. The van der Waals surface area contributed by atoms with Gasteiger partial charge in [0.15, 0.2) is 0 Å². The Morgan fingerprint density at radius 3 is 2.71 bits per heavy atom. The molecule has 1 aromatic carbocycles. The van der Waals surface area contributed by atoms with Crippen molar-refractivity contribution in [1.82, 2.24) is 5.32 Å². The second-order valence-electron chi connectivity index (χ2n) is 5.36. The number of carbonyl (C=O) groups excluding carboxylic acids is 1. The zero-order valence-electron chi connectivity index (χ0n) is 11.4. The molecule has 1 heterocycles. The van der Waals surface area contributed by atoms with E-state index < -0.39 is 23.2 Å². The first kappa shape index (κ1) is 16.3. The maximum atomic E-state index is 12.7. The van der Waals surface area contributed by atoms with Crippen molar-refractivity contribution in [2.24, 2.45) is 0 Å². The Balaban J connectivity index is 2.22. The smallest absolute Gasteiger partial charge is 0.379 e. The van der Waals surface area contributed by atoms with Gasteiger partial charge < -0.3 is 10.1 Å². The summed E-state index contributed by atoms with van der Waals surface area (Å²) in [5.74, 6) is -0.541. The van der Waals surface area contributed by atoms with E-state index >= 15 is 0 Å². The predicted octanol–water partition coefficient (Wildman–Crippen LogP) is 3.77. The molecule has 21 heavy (non-hydrogen) atoms. The van der Waals surface area contributed by atoms with Crippen LogP contribution >= 0.6 is 15.9 Å². The SMILES string of the molecule is CC1(NC(=O)c2cc(C(F)(F)F)ccc2Br)CCCOC1. The van der Waals surface area contributed by atoms with Gasteiger partial charge >= 0.3 is 6.18 Å². The summed E-state index contributed by atoms with van der Waals surface area (Å²) in [6.45, 7) is 2.82. The van der Waals surface area contributed by atoms with Crippen LogP contribution in [0, 0.1) is 0 Å². The van der Waals surface area contributed by atoms with Crippen LogP contribution in [0.15, 0.2) is 22.7 Å². The third-order valence-corrected chi connectivity index (χ3v) is 4.08. The monoisotopic (exact) mass is 365 g/mol. The maximum Gasteiger partial charge on any atom is 0.416 e. The summed E-state index contributed by atoms with van der Waals surface area (Å²) in [5.41, 5.74) is -1.43. The number of nitrogens with one attached hydrogen (secondary N) is 1. The summed E-state index contributed by atoms with van der Waals surface area (Å²) in [5, 5.41) is 2.77. The van der Waals surface area contributed by atoms with Gasteiger partial charge in [-0.1, -0.05) is 0 Å². The quantitative estimate of drug-likeness (QED) is 0.866. The average molecular weight is 366 g/mol. The number of hydrogen-bond donors (Lipinski definition) is 1. The van der Waals surface area contributed by atoms with Crippen molar-refractivity contribution in [2.45, 2.75) is 31.5 Å². The lowest BCUT2D eigenvalue weighted by Crippen LogP contribution is -2.51. The van der Waals surface area contributed by atoms with Crippen molar-refractivity contribution in [2.75, 3.05) is 13.2 Å². The van der Waals surface area contributed by atoms with E-state index in [0.717, 1.165) is 25.0 Å². The second kappa shape index (κ2) is 5.96. The Kier molecular flexibility index (Phi) is 4.63. The molecule has 1 aliphatic heterocycles. The molecule has 0 spiro atoms. The molecule has 7 heteroatoms. The zero-order valence-corrected chi connectivity index (χ0v) is 13.0. The first-order valence-electron chi connectivity index (χ1n) is 6.48. The van der Waals surface area contributed by atoms with Crippen LogP contribution < -0.4 is 5.32 Å². The minimum Gasteiger partial charge on any atom is -0.379 e. The lowest BCUT2D eigenvalue weighted by atomic mass is 9.94. The Labute approximate surface area is 129 Å². The van der Waals surface area contributed by atoms with Crippen molar-refractivity contribution in [3.05, 3.63) is 33.8 Å². The van der Waals surface area contributed by atoms with Crippen LogP contribution in [0.1, 0.15) is 35.7 Å². The minimum absolute atomic E-state index is 0.0309. The molecule has 0 radical (unpaired) electrons. The summed E-state index contributed by atoms with van der Waals surface area (Å²) in [6, 6.07) is 3.02. The molecule has 0 aliphatic carbocycles. The maximum absolute atomic E-state index is 12.7. The summed E-state index contributed by atoms with van der Waals surface area (Å²) < 4.78 is 43.8. The number of rotatable bonds is 2. The predicted molar refractivity (Wildman–Crippen MR) is 75.1 cm³/mol. The summed E-state index contributed by atoms with van der Waals surface area (Å²) in [7, 11) is 0. The number of hydrogen-bond acceptors (Lipinski definition) is 2. The number of halogens is 4. The largest absolute Gasteiger partial charge is 0.416 e. The molecule has 1 aromatic rings. The van der Waals surface area contributed by atoms with E-state index in [4.69, 9.17) is 4.74 Å². The van der Waals surface area contributed by atoms with E-state index in [1.165, 1.54) is 6.07 Å². The molecule has 3 nitrogen and oxygen atoms in total. The highest BCUT2D eigenvalue weighted by Crippen LogP contribution is 2.32. The highest BCUT2D eigenvalue weighted by atomic mass is 79.9. The second-order valence-corrected chi connectivity index (χ2v) is 6.22. The van der Waals surface area contributed by atoms with Gasteiger partial charge in [0.05, 0.1) is 23.3 Å². The topological polar surface area (TPSA) is 38.3 Å². The van der Waals surface area contributed by atoms with Crippen LogP contribution in [0.2, 0.25) is 0 Å². The van der Waals surface area contributed by atoms with Crippen molar-refractivity contribution in [1.29, 1.82) is 0 Å². The third-order valence-electron chi connectivity index (χ3n) is 3.39. The molecule has 2 rings (SSSR count). The van der Waals surface area contributed by atoms with Gasteiger partial charge in [-0.25, -0.2) is 0 Å². The van der Waals surface area contributed by atoms with Crippen molar-refractivity contribution in [3.8, 4) is 0 Å². The Bertz CT molecular complexity index is 540. The Morgan fingerprint density at radius 1 is 1.43 bits per heavy atom. The third kappa shape index (κ3) is 3.97. The van der Waals surface area contributed by atoms with Crippen LogP contribution in [0.25, 0.3) is 0 Å². The van der Waals surface area contributed by atoms with E-state index in [-0.39, 0.29) is 5.56 Å². The van der Waals surface area contributed by atoms with Gasteiger partial charge in [-0.15, -0.1) is 0 Å². The molecular weight excluding hydrogens is 351 g/mol. The van der Waals surface area contributed by atoms with E-state index in [2.05, 4.69) is 21.2 Å². The normalized spacial score (nSPS) is 22.9. The van der Waals surface area contributed by atoms with Crippen molar-refractivity contribution < 1.29 is 22.7 Å². The van der Waals surface area contributed by atoms with Crippen molar-refractivity contribution >= 4 is 21.8 Å². The van der Waals surface area contributed by atoms with Crippen molar-refractivity contribution in [3.63, 3.8) is 0 Å². The Morgan fingerprint density at radius 2 is 2.14 bits per heavy atom. The highest BCUT2D eigenvalue weighted by molar-refractivity contribution is 9.10. The fourth-order valence-corrected chi connectivity index (χ4v) is 2.68. The van der Waals surface area contributed by atoms with Crippen LogP contribution in [-0.2, 0) is 10.9 Å². The lowest BCUT2D eigenvalue weighted by molar-refractivity contribution is -0.137. The summed E-state index contributed by atoms with van der Waals surface area (Å²) in [4.78, 5) is 12.3. The minimum atomic E-state index is -4.48. The van der Waals surface area contributed by atoms with E-state index in [0.29, 0.717) is 17.7 Å². The fourth-order valence-electron chi connectivity index (χ4n) is 2.25. The van der Waals surface area contributed by atoms with E-state index in [1.807, 2.05) is 6.92 Å². The molecular formula is C14H15BrF3NO2. The molecule has 1 unspecified atom stereocenters. The Hall–Kier alpha value is -1.08. The van der Waals surface area contributed by atoms with Crippen LogP contribution in [0.3, 0.4) is 0 Å². The first-order chi connectivity index (χ1) is 9.71. The lowest BCUT2D eigenvalue weighted by Gasteiger charge is -2.34. The van der Waals surface area contributed by atoms with Gasteiger partial charge in [0.25, 0.3) is 5.91 Å². The number of amides is 1. The summed E-state index contributed by atoms with van der Waals surface area (Å²) in [6.07, 6.45) is -2.94. The van der Waals surface area contributed by atoms with Gasteiger partial charge in [0.1, 0.15) is 0 Å². The first-order valence-corrected chi connectivity index (χ1v) is 7.28. The zero-order chi connectivity index (χ0) is 15.7. The van der Waals surface area contributed by atoms with Crippen LogP contribution in [0.5, 0.6) is 0 Å². The molecule has 116 valence electrons. The average Bonchev–Trinajstić information content (AvgIpc) is 2.38. The fraction of sp³-hybridized carbons (Fsp3) is 0.500. The molecule has 1 fully saturated rings.